The molecule has 98 valence electrons. The van der Waals surface area contributed by atoms with Crippen molar-refractivity contribution in [1.82, 2.24) is 13.7 Å². The zero-order valence-electron chi connectivity index (χ0n) is 10.3. The molecule has 2 rings (SSSR count). The van der Waals surface area contributed by atoms with Gasteiger partial charge in [0.2, 0.25) is 10.0 Å². The number of hydrogen-bond acceptors (Lipinski definition) is 4. The van der Waals surface area contributed by atoms with E-state index in [0.29, 0.717) is 12.3 Å². The molecular weight excluding hydrogens is 270 g/mol. The number of rotatable bonds is 5. The van der Waals surface area contributed by atoms with E-state index in [9.17, 15) is 8.42 Å². The predicted molar refractivity (Wildman–Crippen MR) is 73.4 cm³/mol. The number of sulfonamides is 1. The van der Waals surface area contributed by atoms with Gasteiger partial charge in [-0.1, -0.05) is 6.07 Å². The molecule has 7 heteroatoms. The van der Waals surface area contributed by atoms with E-state index in [1.807, 2.05) is 28.8 Å². The van der Waals surface area contributed by atoms with Crippen LogP contribution in [0.1, 0.15) is 0 Å². The lowest BCUT2D eigenvalue weighted by atomic mass is 10.5. The van der Waals surface area contributed by atoms with Gasteiger partial charge >= 0.3 is 0 Å². The third-order valence-electron chi connectivity index (χ3n) is 2.61. The lowest BCUT2D eigenvalue weighted by molar-refractivity contribution is 0.494. The first-order valence-electron chi connectivity index (χ1n) is 5.44. The number of fused-ring (bicyclic) bond motifs is 1. The number of imidazole rings is 1. The van der Waals surface area contributed by atoms with E-state index >= 15 is 0 Å². The van der Waals surface area contributed by atoms with Crippen molar-refractivity contribution in [3.63, 3.8) is 0 Å². The van der Waals surface area contributed by atoms with E-state index in [0.717, 1.165) is 10.7 Å². The van der Waals surface area contributed by atoms with Crippen molar-refractivity contribution in [3.05, 3.63) is 30.6 Å². The summed E-state index contributed by atoms with van der Waals surface area (Å²) < 4.78 is 25.8. The van der Waals surface area contributed by atoms with Crippen molar-refractivity contribution in [1.29, 1.82) is 0 Å². The van der Waals surface area contributed by atoms with Crippen LogP contribution in [0.5, 0.6) is 0 Å². The maximum Gasteiger partial charge on any atom is 0.210 e. The van der Waals surface area contributed by atoms with Gasteiger partial charge in [-0.15, -0.1) is 11.8 Å². The fraction of sp³-hybridized carbons (Fsp3) is 0.364. The van der Waals surface area contributed by atoms with Gasteiger partial charge in [-0.25, -0.2) is 17.7 Å². The fourth-order valence-corrected chi connectivity index (χ4v) is 3.06. The minimum Gasteiger partial charge on any atom is -0.294 e. The Morgan fingerprint density at radius 1 is 1.44 bits per heavy atom. The van der Waals surface area contributed by atoms with E-state index < -0.39 is 10.0 Å². The summed E-state index contributed by atoms with van der Waals surface area (Å²) in [5.74, 6) is 0.709. The van der Waals surface area contributed by atoms with E-state index in [4.69, 9.17) is 0 Å². The van der Waals surface area contributed by atoms with Gasteiger partial charge in [0.25, 0.3) is 0 Å². The SMILES string of the molecule is CN(CCSc1cccc2nccn12)S(C)(=O)=O. The Morgan fingerprint density at radius 2 is 2.22 bits per heavy atom. The molecule has 0 aliphatic heterocycles. The maximum atomic E-state index is 11.2. The molecule has 0 aromatic carbocycles. The van der Waals surface area contributed by atoms with Gasteiger partial charge in [-0.2, -0.15) is 0 Å². The Labute approximate surface area is 111 Å². The average molecular weight is 285 g/mol. The molecule has 2 heterocycles. The van der Waals surface area contributed by atoms with Crippen LogP contribution >= 0.6 is 11.8 Å². The smallest absolute Gasteiger partial charge is 0.210 e. The number of pyridine rings is 1. The summed E-state index contributed by atoms with van der Waals surface area (Å²) in [4.78, 5) is 4.21. The Bertz CT molecular complexity index is 637. The van der Waals surface area contributed by atoms with Gasteiger partial charge in [0.15, 0.2) is 0 Å². The van der Waals surface area contributed by atoms with Gasteiger partial charge < -0.3 is 0 Å². The van der Waals surface area contributed by atoms with Crippen LogP contribution in [0.25, 0.3) is 5.65 Å². The molecule has 0 spiro atoms. The van der Waals surface area contributed by atoms with E-state index in [1.165, 1.54) is 10.6 Å². The van der Waals surface area contributed by atoms with Crippen molar-refractivity contribution < 1.29 is 8.42 Å². The molecule has 0 saturated carbocycles. The lowest BCUT2D eigenvalue weighted by Crippen LogP contribution is -2.27. The summed E-state index contributed by atoms with van der Waals surface area (Å²) in [5.41, 5.74) is 0.900. The number of hydrogen-bond donors (Lipinski definition) is 0. The van der Waals surface area contributed by atoms with Gasteiger partial charge in [-0.3, -0.25) is 4.40 Å². The third kappa shape index (κ3) is 3.04. The number of nitrogens with zero attached hydrogens (tertiary/aromatic N) is 3. The second kappa shape index (κ2) is 5.29. The molecule has 0 N–H and O–H groups in total. The highest BCUT2D eigenvalue weighted by Crippen LogP contribution is 2.19. The van der Waals surface area contributed by atoms with Crippen LogP contribution in [0.4, 0.5) is 0 Å². The van der Waals surface area contributed by atoms with Crippen molar-refractivity contribution in [3.8, 4) is 0 Å². The molecule has 2 aromatic heterocycles. The zero-order chi connectivity index (χ0) is 13.2. The van der Waals surface area contributed by atoms with Gasteiger partial charge in [-0.05, 0) is 12.1 Å². The molecule has 0 aliphatic rings. The van der Waals surface area contributed by atoms with Crippen LogP contribution < -0.4 is 0 Å². The monoisotopic (exact) mass is 285 g/mol. The van der Waals surface area contributed by atoms with Crippen LogP contribution in [0.2, 0.25) is 0 Å². The Balaban J connectivity index is 2.01. The maximum absolute atomic E-state index is 11.2. The van der Waals surface area contributed by atoms with Gasteiger partial charge in [0.05, 0.1) is 11.3 Å². The summed E-state index contributed by atoms with van der Waals surface area (Å²) in [6.45, 7) is 0.495. The van der Waals surface area contributed by atoms with Gasteiger partial charge in [0.1, 0.15) is 5.65 Å². The zero-order valence-corrected chi connectivity index (χ0v) is 11.9. The average Bonchev–Trinajstić information content (AvgIpc) is 2.76. The largest absolute Gasteiger partial charge is 0.294 e. The van der Waals surface area contributed by atoms with E-state index in [-0.39, 0.29) is 0 Å². The molecule has 0 fully saturated rings. The van der Waals surface area contributed by atoms with Crippen LogP contribution in [0.3, 0.4) is 0 Å². The Hall–Kier alpha value is -1.05. The molecule has 18 heavy (non-hydrogen) atoms. The minimum atomic E-state index is -3.09. The number of thioether (sulfide) groups is 1. The van der Waals surface area contributed by atoms with Crippen molar-refractivity contribution in [2.75, 3.05) is 25.6 Å². The van der Waals surface area contributed by atoms with Crippen LogP contribution in [-0.4, -0.2) is 47.7 Å². The van der Waals surface area contributed by atoms with Crippen molar-refractivity contribution in [2.24, 2.45) is 0 Å². The molecule has 0 atom stereocenters. The predicted octanol–water partition coefficient (Wildman–Crippen LogP) is 1.32. The summed E-state index contributed by atoms with van der Waals surface area (Å²) in [6, 6.07) is 5.89. The summed E-state index contributed by atoms with van der Waals surface area (Å²) in [5, 5.41) is 1.06. The van der Waals surface area contributed by atoms with Crippen LogP contribution in [-0.2, 0) is 10.0 Å². The summed E-state index contributed by atoms with van der Waals surface area (Å²) >= 11 is 1.62. The highest BCUT2D eigenvalue weighted by atomic mass is 32.2. The van der Waals surface area contributed by atoms with Gasteiger partial charge in [0, 0.05) is 31.7 Å². The second-order valence-corrected chi connectivity index (χ2v) is 7.16. The molecule has 0 radical (unpaired) electrons. The standard InChI is InChI=1S/C11H15N3O2S2/c1-13(18(2,15)16)8-9-17-11-5-3-4-10-12-6-7-14(10)11/h3-7H,8-9H2,1-2H3. The van der Waals surface area contributed by atoms with E-state index in [1.54, 1.807) is 25.0 Å². The third-order valence-corrected chi connectivity index (χ3v) is 4.94. The molecule has 0 amide bonds. The molecule has 0 aliphatic carbocycles. The van der Waals surface area contributed by atoms with E-state index in [2.05, 4.69) is 4.98 Å². The second-order valence-electron chi connectivity index (χ2n) is 3.95. The van der Waals surface area contributed by atoms with Crippen molar-refractivity contribution >= 4 is 27.4 Å². The highest BCUT2D eigenvalue weighted by molar-refractivity contribution is 7.99. The Kier molecular flexibility index (Phi) is 3.94. The lowest BCUT2D eigenvalue weighted by Gasteiger charge is -2.13. The molecule has 0 bridgehead atoms. The van der Waals surface area contributed by atoms with Crippen LogP contribution in [0.15, 0.2) is 35.6 Å². The highest BCUT2D eigenvalue weighted by Gasteiger charge is 2.10. The fourth-order valence-electron chi connectivity index (χ4n) is 1.48. The Morgan fingerprint density at radius 3 is 2.94 bits per heavy atom. The normalized spacial score (nSPS) is 12.4. The first-order valence-corrected chi connectivity index (χ1v) is 8.28. The minimum absolute atomic E-state index is 0.495. The van der Waals surface area contributed by atoms with Crippen molar-refractivity contribution in [2.45, 2.75) is 5.03 Å². The molecule has 0 unspecified atom stereocenters. The topological polar surface area (TPSA) is 54.7 Å². The quantitative estimate of drug-likeness (QED) is 0.778. The first-order chi connectivity index (χ1) is 8.48. The summed E-state index contributed by atoms with van der Waals surface area (Å²) in [6.07, 6.45) is 4.87. The molecule has 5 nitrogen and oxygen atoms in total. The molecular formula is C11H15N3O2S2. The van der Waals surface area contributed by atoms with Crippen LogP contribution in [0, 0.1) is 0 Å². The molecule has 0 saturated heterocycles. The first kappa shape index (κ1) is 13.4. The summed E-state index contributed by atoms with van der Waals surface area (Å²) in [7, 11) is -1.50. The number of aromatic nitrogens is 2. The molecule has 2 aromatic rings.